The van der Waals surface area contributed by atoms with Gasteiger partial charge in [-0.1, -0.05) is 13.8 Å². The van der Waals surface area contributed by atoms with Gasteiger partial charge in [0.2, 0.25) is 5.91 Å². The van der Waals surface area contributed by atoms with Crippen molar-refractivity contribution in [1.29, 1.82) is 0 Å². The van der Waals surface area contributed by atoms with E-state index in [-0.39, 0.29) is 18.5 Å². The molecular weight excluding hydrogens is 342 g/mol. The fourth-order valence-corrected chi connectivity index (χ4v) is 2.81. The maximum Gasteiger partial charge on any atom is 0.426 e. The Morgan fingerprint density at radius 3 is 2.54 bits per heavy atom. The number of carbonyl (C=O) groups is 3. The quantitative estimate of drug-likeness (QED) is 0.660. The van der Waals surface area contributed by atoms with Gasteiger partial charge in [0.1, 0.15) is 18.7 Å². The zero-order valence-electron chi connectivity index (χ0n) is 15.7. The summed E-state index contributed by atoms with van der Waals surface area (Å²) >= 11 is 0. The van der Waals surface area contributed by atoms with Gasteiger partial charge in [-0.3, -0.25) is 9.59 Å². The van der Waals surface area contributed by atoms with Crippen LogP contribution in [0.25, 0.3) is 0 Å². The van der Waals surface area contributed by atoms with Crippen LogP contribution >= 0.6 is 0 Å². The van der Waals surface area contributed by atoms with Gasteiger partial charge < -0.3 is 24.9 Å². The number of hydrogen-bond donors (Lipinski definition) is 2. The molecule has 2 aliphatic rings. The molecule has 9 nitrogen and oxygen atoms in total. The second-order valence-corrected chi connectivity index (χ2v) is 7.06. The lowest BCUT2D eigenvalue weighted by atomic mass is 10.0. The van der Waals surface area contributed by atoms with E-state index < -0.39 is 24.1 Å². The van der Waals surface area contributed by atoms with Crippen molar-refractivity contribution in [3.8, 4) is 0 Å². The minimum atomic E-state index is -0.772. The molecule has 9 heteroatoms. The highest BCUT2D eigenvalue weighted by atomic mass is 16.7. The number of morpholine rings is 1. The lowest BCUT2D eigenvalue weighted by molar-refractivity contribution is -0.147. The maximum atomic E-state index is 12.6. The maximum absolute atomic E-state index is 12.6. The molecule has 2 saturated heterocycles. The van der Waals surface area contributed by atoms with E-state index in [1.54, 1.807) is 6.92 Å². The molecular formula is C17H29N3O6. The van der Waals surface area contributed by atoms with E-state index in [2.05, 4.69) is 10.6 Å². The Balaban J connectivity index is 1.91. The van der Waals surface area contributed by atoms with E-state index >= 15 is 0 Å². The van der Waals surface area contributed by atoms with Crippen molar-refractivity contribution in [3.63, 3.8) is 0 Å². The minimum absolute atomic E-state index is 0.00469. The molecule has 0 bridgehead atoms. The Hall–Kier alpha value is -1.71. The van der Waals surface area contributed by atoms with Crippen LogP contribution in [0.4, 0.5) is 4.79 Å². The highest BCUT2D eigenvalue weighted by Gasteiger charge is 2.35. The van der Waals surface area contributed by atoms with Crippen molar-refractivity contribution < 1.29 is 28.7 Å². The van der Waals surface area contributed by atoms with Crippen LogP contribution in [-0.2, 0) is 23.9 Å². The van der Waals surface area contributed by atoms with Crippen LogP contribution in [0.2, 0.25) is 0 Å². The first-order valence-corrected chi connectivity index (χ1v) is 9.12. The second kappa shape index (κ2) is 9.84. The van der Waals surface area contributed by atoms with E-state index in [0.717, 1.165) is 6.42 Å². The van der Waals surface area contributed by atoms with Crippen molar-refractivity contribution >= 4 is 17.8 Å². The van der Waals surface area contributed by atoms with Crippen LogP contribution in [0.3, 0.4) is 0 Å². The van der Waals surface area contributed by atoms with Gasteiger partial charge in [-0.2, -0.15) is 0 Å². The topological polar surface area (TPSA) is 106 Å². The third-order valence-electron chi connectivity index (χ3n) is 4.43. The van der Waals surface area contributed by atoms with Crippen molar-refractivity contribution in [1.82, 2.24) is 15.7 Å². The molecule has 3 atom stereocenters. The molecule has 0 aromatic carbocycles. The summed E-state index contributed by atoms with van der Waals surface area (Å²) in [6, 6.07) is -1.45. The van der Waals surface area contributed by atoms with Gasteiger partial charge in [0.05, 0.1) is 32.4 Å². The molecule has 0 radical (unpaired) electrons. The number of ketones is 1. The third kappa shape index (κ3) is 6.22. The van der Waals surface area contributed by atoms with Gasteiger partial charge in [-0.15, -0.1) is 5.06 Å². The molecule has 0 aromatic heterocycles. The molecule has 2 aliphatic heterocycles. The molecule has 148 valence electrons. The first-order chi connectivity index (χ1) is 12.4. The molecule has 2 N–H and O–H groups in total. The van der Waals surface area contributed by atoms with E-state index in [9.17, 15) is 14.4 Å². The molecule has 2 fully saturated rings. The normalized spacial score (nSPS) is 25.2. The third-order valence-corrected chi connectivity index (χ3v) is 4.43. The summed E-state index contributed by atoms with van der Waals surface area (Å²) in [5.41, 5.74) is 0. The number of nitrogens with zero attached hydrogens (tertiary/aromatic N) is 1. The van der Waals surface area contributed by atoms with Crippen LogP contribution in [0.5, 0.6) is 0 Å². The van der Waals surface area contributed by atoms with Crippen LogP contribution < -0.4 is 10.6 Å². The number of amides is 2. The van der Waals surface area contributed by atoms with Crippen LogP contribution in [-0.4, -0.2) is 73.9 Å². The first-order valence-electron chi connectivity index (χ1n) is 9.12. The fourth-order valence-electron chi connectivity index (χ4n) is 2.81. The molecule has 2 amide bonds. The summed E-state index contributed by atoms with van der Waals surface area (Å²) in [5, 5.41) is 6.82. The van der Waals surface area contributed by atoms with Crippen molar-refractivity contribution in [3.05, 3.63) is 0 Å². The zero-order chi connectivity index (χ0) is 19.1. The molecule has 0 aromatic rings. The number of rotatable bonds is 7. The predicted octanol–water partition coefficient (Wildman–Crippen LogP) is 0.237. The number of hydroxylamine groups is 2. The Labute approximate surface area is 153 Å². The van der Waals surface area contributed by atoms with Crippen molar-refractivity contribution in [2.75, 3.05) is 32.9 Å². The van der Waals surface area contributed by atoms with Crippen molar-refractivity contribution in [2.24, 2.45) is 5.92 Å². The van der Waals surface area contributed by atoms with Crippen molar-refractivity contribution in [2.45, 2.75) is 51.8 Å². The summed E-state index contributed by atoms with van der Waals surface area (Å²) in [4.78, 5) is 41.8. The standard InChI is InChI=1S/C17H29N3O6/c1-11(2)4-5-13(16(22)19-15-12(3)25-10-14(15)21)18-17(23)26-20-6-8-24-9-7-20/h11-13,15H,4-10H2,1-3H3,(H,18,23)(H,19,22)/t12-,13-,15-/m0/s1. The Morgan fingerprint density at radius 2 is 1.96 bits per heavy atom. The summed E-state index contributed by atoms with van der Waals surface area (Å²) in [6.45, 7) is 7.77. The number of Topliss-reactive ketones (excluding diaryl/α,β-unsaturated/α-hetero) is 1. The number of hydrogen-bond acceptors (Lipinski definition) is 7. The summed E-state index contributed by atoms with van der Waals surface area (Å²) in [6.07, 6.45) is 0.147. The van der Waals surface area contributed by atoms with Gasteiger partial charge in [0, 0.05) is 0 Å². The molecule has 2 rings (SSSR count). The van der Waals surface area contributed by atoms with E-state index in [0.29, 0.717) is 38.6 Å². The Kier molecular flexibility index (Phi) is 7.80. The molecule has 0 aliphatic carbocycles. The van der Waals surface area contributed by atoms with Crippen LogP contribution in [0.1, 0.15) is 33.6 Å². The van der Waals surface area contributed by atoms with Crippen LogP contribution in [0.15, 0.2) is 0 Å². The zero-order valence-corrected chi connectivity index (χ0v) is 15.7. The average molecular weight is 371 g/mol. The summed E-state index contributed by atoms with van der Waals surface area (Å²) in [7, 11) is 0. The predicted molar refractivity (Wildman–Crippen MR) is 92.2 cm³/mol. The van der Waals surface area contributed by atoms with Crippen LogP contribution in [0, 0.1) is 5.92 Å². The molecule has 2 heterocycles. The number of nitrogens with one attached hydrogen (secondary N) is 2. The molecule has 0 unspecified atom stereocenters. The summed E-state index contributed by atoms with van der Waals surface area (Å²) in [5.74, 6) is -0.192. The molecule has 0 spiro atoms. The van der Waals surface area contributed by atoms with E-state index in [1.165, 1.54) is 5.06 Å². The van der Waals surface area contributed by atoms with Gasteiger partial charge in [-0.25, -0.2) is 4.79 Å². The Bertz CT molecular complexity index is 507. The van der Waals surface area contributed by atoms with Gasteiger partial charge in [-0.05, 0) is 25.7 Å². The molecule has 0 saturated carbocycles. The average Bonchev–Trinajstić information content (AvgIpc) is 2.91. The van der Waals surface area contributed by atoms with Gasteiger partial charge >= 0.3 is 6.09 Å². The first kappa shape index (κ1) is 20.6. The smallest absolute Gasteiger partial charge is 0.379 e. The Morgan fingerprint density at radius 1 is 1.27 bits per heavy atom. The number of ether oxygens (including phenoxy) is 2. The lowest BCUT2D eigenvalue weighted by Crippen LogP contribution is -2.54. The highest BCUT2D eigenvalue weighted by Crippen LogP contribution is 2.12. The lowest BCUT2D eigenvalue weighted by Gasteiger charge is -2.27. The van der Waals surface area contributed by atoms with E-state index in [1.807, 2.05) is 13.8 Å². The summed E-state index contributed by atoms with van der Waals surface area (Å²) < 4.78 is 10.4. The fraction of sp³-hybridized carbons (Fsp3) is 0.824. The number of carbonyl (C=O) groups excluding carboxylic acids is 3. The largest absolute Gasteiger partial charge is 0.426 e. The molecule has 26 heavy (non-hydrogen) atoms. The highest BCUT2D eigenvalue weighted by molar-refractivity contribution is 5.94. The SMILES string of the molecule is CC(C)CC[C@H](NC(=O)ON1CCOCC1)C(=O)N[C@@H]1C(=O)CO[C@H]1C. The second-order valence-electron chi connectivity index (χ2n) is 7.06. The minimum Gasteiger partial charge on any atom is -0.379 e. The monoisotopic (exact) mass is 371 g/mol. The van der Waals surface area contributed by atoms with Gasteiger partial charge in [0.15, 0.2) is 5.78 Å². The van der Waals surface area contributed by atoms with Gasteiger partial charge in [0.25, 0.3) is 0 Å². The van der Waals surface area contributed by atoms with E-state index in [4.69, 9.17) is 14.3 Å².